The van der Waals surface area contributed by atoms with E-state index in [0.29, 0.717) is 18.1 Å². The minimum atomic E-state index is -0.645. The highest BCUT2D eigenvalue weighted by molar-refractivity contribution is 6.39. The van der Waals surface area contributed by atoms with Crippen molar-refractivity contribution in [1.82, 2.24) is 9.88 Å². The molecule has 1 aromatic carbocycles. The van der Waals surface area contributed by atoms with Crippen LogP contribution in [0.15, 0.2) is 42.6 Å². The first-order valence-corrected chi connectivity index (χ1v) is 8.45. The number of carbonyl (C=O) groups is 2. The third-order valence-electron chi connectivity index (χ3n) is 4.52. The number of amides is 2. The lowest BCUT2D eigenvalue weighted by Crippen LogP contribution is -2.44. The molecule has 25 heavy (non-hydrogen) atoms. The first kappa shape index (κ1) is 17.0. The van der Waals surface area contributed by atoms with E-state index in [9.17, 15) is 9.59 Å². The molecule has 2 aromatic rings. The summed E-state index contributed by atoms with van der Waals surface area (Å²) in [6, 6.07) is 11.5. The Morgan fingerprint density at radius 2 is 2.00 bits per heavy atom. The van der Waals surface area contributed by atoms with Crippen LogP contribution in [0.25, 0.3) is 0 Å². The molecule has 1 aliphatic rings. The van der Waals surface area contributed by atoms with E-state index in [4.69, 9.17) is 5.73 Å². The predicted molar refractivity (Wildman–Crippen MR) is 96.8 cm³/mol. The zero-order valence-electron chi connectivity index (χ0n) is 14.2. The Bertz CT molecular complexity index is 776. The molecule has 3 N–H and O–H groups in total. The summed E-state index contributed by atoms with van der Waals surface area (Å²) < 4.78 is 0. The molecule has 6 heteroatoms. The SMILES string of the molecule is Cc1cc(NC(=O)C(=O)N2CCCCC2c2ccccc2)cnc1N. The molecule has 0 spiro atoms. The summed E-state index contributed by atoms with van der Waals surface area (Å²) in [5.74, 6) is -0.749. The number of nitrogen functional groups attached to an aromatic ring is 1. The van der Waals surface area contributed by atoms with Gasteiger partial charge in [-0.2, -0.15) is 0 Å². The number of aryl methyl sites for hydroxylation is 1. The van der Waals surface area contributed by atoms with E-state index >= 15 is 0 Å². The van der Waals surface area contributed by atoms with E-state index in [1.807, 2.05) is 30.3 Å². The number of nitrogens with two attached hydrogens (primary N) is 1. The van der Waals surface area contributed by atoms with Crippen LogP contribution in [-0.4, -0.2) is 28.2 Å². The number of likely N-dealkylation sites (tertiary alicyclic amines) is 1. The van der Waals surface area contributed by atoms with E-state index in [-0.39, 0.29) is 6.04 Å². The number of rotatable bonds is 2. The second-order valence-electron chi connectivity index (χ2n) is 6.30. The Morgan fingerprint density at radius 3 is 2.72 bits per heavy atom. The topological polar surface area (TPSA) is 88.3 Å². The zero-order valence-corrected chi connectivity index (χ0v) is 14.2. The van der Waals surface area contributed by atoms with Crippen LogP contribution in [0.4, 0.5) is 11.5 Å². The summed E-state index contributed by atoms with van der Waals surface area (Å²) in [4.78, 5) is 30.8. The third-order valence-corrected chi connectivity index (χ3v) is 4.52. The van der Waals surface area contributed by atoms with Gasteiger partial charge in [0.2, 0.25) is 0 Å². The molecular weight excluding hydrogens is 316 g/mol. The fourth-order valence-corrected chi connectivity index (χ4v) is 3.17. The lowest BCUT2D eigenvalue weighted by atomic mass is 9.95. The van der Waals surface area contributed by atoms with Crippen LogP contribution in [0.3, 0.4) is 0 Å². The molecule has 1 atom stereocenters. The van der Waals surface area contributed by atoms with Gasteiger partial charge in [-0.3, -0.25) is 9.59 Å². The zero-order chi connectivity index (χ0) is 17.8. The molecule has 6 nitrogen and oxygen atoms in total. The number of piperidine rings is 1. The Kier molecular flexibility index (Phi) is 4.97. The summed E-state index contributed by atoms with van der Waals surface area (Å²) in [5, 5.41) is 2.63. The number of hydrogen-bond acceptors (Lipinski definition) is 4. The number of aromatic nitrogens is 1. The molecular formula is C19H22N4O2. The molecule has 2 heterocycles. The average molecular weight is 338 g/mol. The van der Waals surface area contributed by atoms with Gasteiger partial charge in [0.05, 0.1) is 17.9 Å². The van der Waals surface area contributed by atoms with Gasteiger partial charge in [-0.25, -0.2) is 4.98 Å². The molecule has 1 unspecified atom stereocenters. The lowest BCUT2D eigenvalue weighted by Gasteiger charge is -2.35. The van der Waals surface area contributed by atoms with Crippen LogP contribution in [0.5, 0.6) is 0 Å². The van der Waals surface area contributed by atoms with E-state index in [0.717, 1.165) is 30.4 Å². The second-order valence-corrected chi connectivity index (χ2v) is 6.30. The third kappa shape index (κ3) is 3.79. The van der Waals surface area contributed by atoms with Crippen molar-refractivity contribution in [3.05, 3.63) is 53.7 Å². The molecule has 130 valence electrons. The van der Waals surface area contributed by atoms with Crippen molar-refractivity contribution >= 4 is 23.3 Å². The first-order valence-electron chi connectivity index (χ1n) is 8.45. The van der Waals surface area contributed by atoms with Crippen molar-refractivity contribution < 1.29 is 9.59 Å². The number of benzene rings is 1. The van der Waals surface area contributed by atoms with E-state index in [1.165, 1.54) is 6.20 Å². The van der Waals surface area contributed by atoms with Crippen molar-refractivity contribution in [1.29, 1.82) is 0 Å². The highest BCUT2D eigenvalue weighted by Gasteiger charge is 2.31. The van der Waals surface area contributed by atoms with Gasteiger partial charge in [-0.05, 0) is 43.4 Å². The quantitative estimate of drug-likeness (QED) is 0.824. The smallest absolute Gasteiger partial charge is 0.313 e. The second kappa shape index (κ2) is 7.34. The van der Waals surface area contributed by atoms with Gasteiger partial charge < -0.3 is 16.0 Å². The molecule has 0 bridgehead atoms. The van der Waals surface area contributed by atoms with Gasteiger partial charge in [0.25, 0.3) is 0 Å². The van der Waals surface area contributed by atoms with Gasteiger partial charge >= 0.3 is 11.8 Å². The summed E-state index contributed by atoms with van der Waals surface area (Å²) in [6.45, 7) is 2.39. The minimum Gasteiger partial charge on any atom is -0.383 e. The largest absolute Gasteiger partial charge is 0.383 e. The summed E-state index contributed by atoms with van der Waals surface area (Å²) >= 11 is 0. The van der Waals surface area contributed by atoms with Crippen LogP contribution >= 0.6 is 0 Å². The summed E-state index contributed by atoms with van der Waals surface area (Å²) in [6.07, 6.45) is 4.28. The molecule has 1 saturated heterocycles. The monoisotopic (exact) mass is 338 g/mol. The molecule has 0 saturated carbocycles. The Balaban J connectivity index is 1.75. The number of pyridine rings is 1. The molecule has 1 fully saturated rings. The number of nitrogens with zero attached hydrogens (tertiary/aromatic N) is 2. The van der Waals surface area contributed by atoms with Crippen molar-refractivity contribution in [2.24, 2.45) is 0 Å². The van der Waals surface area contributed by atoms with Crippen molar-refractivity contribution in [2.45, 2.75) is 32.2 Å². The maximum absolute atomic E-state index is 12.7. The normalized spacial score (nSPS) is 17.2. The lowest BCUT2D eigenvalue weighted by molar-refractivity contribution is -0.145. The van der Waals surface area contributed by atoms with Gasteiger partial charge in [0.1, 0.15) is 5.82 Å². The van der Waals surface area contributed by atoms with Crippen LogP contribution in [-0.2, 0) is 9.59 Å². The van der Waals surface area contributed by atoms with Crippen molar-refractivity contribution in [3.8, 4) is 0 Å². The first-order chi connectivity index (χ1) is 12.1. The fourth-order valence-electron chi connectivity index (χ4n) is 3.17. The van der Waals surface area contributed by atoms with Crippen LogP contribution in [0.2, 0.25) is 0 Å². The van der Waals surface area contributed by atoms with E-state index in [2.05, 4.69) is 10.3 Å². The van der Waals surface area contributed by atoms with E-state index < -0.39 is 11.8 Å². The standard InChI is InChI=1S/C19H22N4O2/c1-13-11-15(12-21-17(13)20)22-18(24)19(25)23-10-6-5-9-16(23)14-7-3-2-4-8-14/h2-4,7-8,11-12,16H,5-6,9-10H2,1H3,(H2,20,21)(H,22,24). The maximum Gasteiger partial charge on any atom is 0.313 e. The van der Waals surface area contributed by atoms with Gasteiger partial charge in [-0.15, -0.1) is 0 Å². The highest BCUT2D eigenvalue weighted by atomic mass is 16.2. The fraction of sp³-hybridized carbons (Fsp3) is 0.316. The predicted octanol–water partition coefficient (Wildman–Crippen LogP) is 2.66. The number of hydrogen-bond donors (Lipinski definition) is 2. The van der Waals surface area contributed by atoms with Gasteiger partial charge in [-0.1, -0.05) is 30.3 Å². The van der Waals surface area contributed by atoms with Crippen molar-refractivity contribution in [3.63, 3.8) is 0 Å². The van der Waals surface area contributed by atoms with Crippen LogP contribution < -0.4 is 11.1 Å². The average Bonchev–Trinajstić information content (AvgIpc) is 2.65. The van der Waals surface area contributed by atoms with Crippen molar-refractivity contribution in [2.75, 3.05) is 17.6 Å². The number of nitrogens with one attached hydrogen (secondary N) is 1. The Labute approximate surface area is 147 Å². The van der Waals surface area contributed by atoms with E-state index in [1.54, 1.807) is 17.9 Å². The Morgan fingerprint density at radius 1 is 1.24 bits per heavy atom. The molecule has 1 aliphatic heterocycles. The van der Waals surface area contributed by atoms with Gasteiger partial charge in [0, 0.05) is 6.54 Å². The molecule has 2 amide bonds. The minimum absolute atomic E-state index is 0.0560. The van der Waals surface area contributed by atoms with Crippen LogP contribution in [0, 0.1) is 6.92 Å². The molecule has 1 aromatic heterocycles. The number of anilines is 2. The molecule has 3 rings (SSSR count). The van der Waals surface area contributed by atoms with Crippen LogP contribution in [0.1, 0.15) is 36.4 Å². The number of carbonyl (C=O) groups excluding carboxylic acids is 2. The maximum atomic E-state index is 12.7. The summed E-state index contributed by atoms with van der Waals surface area (Å²) in [5.41, 5.74) is 7.97. The summed E-state index contributed by atoms with van der Waals surface area (Å²) in [7, 11) is 0. The molecule has 0 aliphatic carbocycles. The molecule has 0 radical (unpaired) electrons. The highest BCUT2D eigenvalue weighted by Crippen LogP contribution is 2.31. The Hall–Kier alpha value is -2.89. The van der Waals surface area contributed by atoms with Gasteiger partial charge in [0.15, 0.2) is 0 Å².